The molecule has 2 heterocycles. The normalized spacial score (nSPS) is 10.6. The molecular formula is C16H8Cl4N2O2S2. The Balaban J connectivity index is 1.74. The second kappa shape index (κ2) is 8.17. The summed E-state index contributed by atoms with van der Waals surface area (Å²) in [4.78, 5) is 24.6. The van der Waals surface area contributed by atoms with Crippen molar-refractivity contribution in [2.75, 3.05) is 10.6 Å². The van der Waals surface area contributed by atoms with Crippen LogP contribution in [0, 0.1) is 0 Å². The van der Waals surface area contributed by atoms with Crippen LogP contribution in [0.5, 0.6) is 0 Å². The highest BCUT2D eigenvalue weighted by molar-refractivity contribution is 7.20. The van der Waals surface area contributed by atoms with E-state index in [2.05, 4.69) is 10.6 Å². The lowest BCUT2D eigenvalue weighted by atomic mass is 10.2. The number of carbonyl (C=O) groups excluding carboxylic acids is 2. The summed E-state index contributed by atoms with van der Waals surface area (Å²) in [6, 6.07) is 9.67. The second-order valence-corrected chi connectivity index (χ2v) is 9.54. The Bertz CT molecular complexity index is 925. The minimum absolute atomic E-state index is 0.288. The van der Waals surface area contributed by atoms with Crippen LogP contribution >= 0.6 is 69.1 Å². The number of hydrogen-bond acceptors (Lipinski definition) is 4. The van der Waals surface area contributed by atoms with E-state index in [9.17, 15) is 9.59 Å². The van der Waals surface area contributed by atoms with E-state index in [-0.39, 0.29) is 11.1 Å². The Labute approximate surface area is 176 Å². The number of rotatable bonds is 4. The molecule has 0 fully saturated rings. The Hall–Kier alpha value is -1.28. The van der Waals surface area contributed by atoms with Gasteiger partial charge in [0.05, 0.1) is 19.8 Å². The van der Waals surface area contributed by atoms with Crippen LogP contribution in [0.4, 0.5) is 11.4 Å². The van der Waals surface area contributed by atoms with Gasteiger partial charge in [0.25, 0.3) is 11.8 Å². The number of carbonyl (C=O) groups is 2. The Morgan fingerprint density at radius 3 is 1.50 bits per heavy atom. The van der Waals surface area contributed by atoms with Crippen molar-refractivity contribution in [1.82, 2.24) is 0 Å². The first kappa shape index (κ1) is 19.5. The van der Waals surface area contributed by atoms with Crippen LogP contribution in [0.25, 0.3) is 0 Å². The molecule has 2 amide bonds. The number of benzene rings is 1. The number of halogens is 4. The fourth-order valence-corrected chi connectivity index (χ4v) is 4.98. The second-order valence-electron chi connectivity index (χ2n) is 4.96. The topological polar surface area (TPSA) is 58.2 Å². The van der Waals surface area contributed by atoms with Crippen molar-refractivity contribution in [2.24, 2.45) is 0 Å². The van der Waals surface area contributed by atoms with Gasteiger partial charge in [-0.3, -0.25) is 9.59 Å². The highest BCUT2D eigenvalue weighted by Gasteiger charge is 2.16. The monoisotopic (exact) mass is 464 g/mol. The molecule has 0 aliphatic heterocycles. The highest BCUT2D eigenvalue weighted by atomic mass is 35.5. The van der Waals surface area contributed by atoms with Gasteiger partial charge >= 0.3 is 0 Å². The largest absolute Gasteiger partial charge is 0.322 e. The number of anilines is 2. The summed E-state index contributed by atoms with van der Waals surface area (Å²) < 4.78 is 1.46. The minimum Gasteiger partial charge on any atom is -0.322 e. The summed E-state index contributed by atoms with van der Waals surface area (Å²) in [5, 5.41) is 5.42. The average molecular weight is 466 g/mol. The first-order valence-electron chi connectivity index (χ1n) is 6.96. The third-order valence-electron chi connectivity index (χ3n) is 3.18. The van der Waals surface area contributed by atoms with Crippen LogP contribution in [0.2, 0.25) is 17.3 Å². The van der Waals surface area contributed by atoms with E-state index in [1.807, 2.05) is 0 Å². The molecule has 0 unspecified atom stereocenters. The molecule has 3 aromatic rings. The van der Waals surface area contributed by atoms with Gasteiger partial charge in [0.2, 0.25) is 0 Å². The van der Waals surface area contributed by atoms with Gasteiger partial charge in [-0.1, -0.05) is 52.5 Å². The molecule has 0 aliphatic carbocycles. The fourth-order valence-electron chi connectivity index (χ4n) is 2.06. The Kier molecular flexibility index (Phi) is 6.12. The quantitative estimate of drug-likeness (QED) is 0.438. The molecule has 1 aromatic carbocycles. The van der Waals surface area contributed by atoms with Crippen molar-refractivity contribution in [2.45, 2.75) is 0 Å². The zero-order valence-electron chi connectivity index (χ0n) is 12.6. The van der Waals surface area contributed by atoms with Gasteiger partial charge in [-0.25, -0.2) is 0 Å². The molecule has 0 radical (unpaired) electrons. The molecular weight excluding hydrogens is 458 g/mol. The van der Waals surface area contributed by atoms with Crippen molar-refractivity contribution < 1.29 is 9.59 Å². The lowest BCUT2D eigenvalue weighted by molar-refractivity contribution is 0.102. The molecule has 0 spiro atoms. The van der Waals surface area contributed by atoms with Crippen LogP contribution in [0.1, 0.15) is 20.7 Å². The molecule has 2 N–H and O–H groups in total. The molecule has 0 bridgehead atoms. The standard InChI is InChI=1S/C16H8Cl4N2O2S2/c17-11-5-9(13(19)25-11)15(23)21-7-2-1-3-8(4-7)22-16(24)10-6-12(18)26-14(10)20/h1-6H,(H,21,23)(H,22,24). The molecule has 0 atom stereocenters. The van der Waals surface area contributed by atoms with Gasteiger partial charge in [-0.2, -0.15) is 0 Å². The first-order chi connectivity index (χ1) is 12.3. The summed E-state index contributed by atoms with van der Waals surface area (Å²) >= 11 is 25.9. The van der Waals surface area contributed by atoms with E-state index in [1.165, 1.54) is 12.1 Å². The third-order valence-corrected chi connectivity index (χ3v) is 6.16. The number of amides is 2. The van der Waals surface area contributed by atoms with Gasteiger partial charge in [0.15, 0.2) is 0 Å². The molecule has 4 nitrogen and oxygen atoms in total. The summed E-state index contributed by atoms with van der Waals surface area (Å²) in [6.45, 7) is 0. The van der Waals surface area contributed by atoms with Gasteiger partial charge in [-0.05, 0) is 30.3 Å². The van der Waals surface area contributed by atoms with Gasteiger partial charge < -0.3 is 10.6 Å². The molecule has 0 saturated heterocycles. The highest BCUT2D eigenvalue weighted by Crippen LogP contribution is 2.33. The number of hydrogen-bond donors (Lipinski definition) is 2. The predicted molar refractivity (Wildman–Crippen MR) is 111 cm³/mol. The molecule has 26 heavy (non-hydrogen) atoms. The van der Waals surface area contributed by atoms with Crippen LogP contribution in [-0.2, 0) is 0 Å². The van der Waals surface area contributed by atoms with Crippen molar-refractivity contribution in [3.63, 3.8) is 0 Å². The average Bonchev–Trinajstić information content (AvgIpc) is 3.08. The van der Waals surface area contributed by atoms with E-state index in [0.29, 0.717) is 28.7 Å². The number of nitrogens with one attached hydrogen (secondary N) is 2. The minimum atomic E-state index is -0.394. The van der Waals surface area contributed by atoms with E-state index >= 15 is 0 Å². The maximum atomic E-state index is 12.3. The van der Waals surface area contributed by atoms with E-state index in [0.717, 1.165) is 22.7 Å². The maximum Gasteiger partial charge on any atom is 0.258 e. The van der Waals surface area contributed by atoms with Crippen molar-refractivity contribution in [1.29, 1.82) is 0 Å². The van der Waals surface area contributed by atoms with Crippen LogP contribution < -0.4 is 10.6 Å². The fraction of sp³-hybridized carbons (Fsp3) is 0. The summed E-state index contributed by atoms with van der Waals surface area (Å²) in [6.07, 6.45) is 0. The first-order valence-corrected chi connectivity index (χ1v) is 10.1. The summed E-state index contributed by atoms with van der Waals surface area (Å²) in [7, 11) is 0. The summed E-state index contributed by atoms with van der Waals surface area (Å²) in [5.74, 6) is -0.788. The SMILES string of the molecule is O=C(Nc1cccc(NC(=O)c2cc(Cl)sc2Cl)c1)c1cc(Cl)sc1Cl. The van der Waals surface area contributed by atoms with Crippen molar-refractivity contribution in [3.8, 4) is 0 Å². The van der Waals surface area contributed by atoms with E-state index < -0.39 is 11.8 Å². The van der Waals surface area contributed by atoms with Gasteiger partial charge in [-0.15, -0.1) is 22.7 Å². The molecule has 10 heteroatoms. The lowest BCUT2D eigenvalue weighted by Gasteiger charge is -2.08. The molecule has 134 valence electrons. The van der Waals surface area contributed by atoms with Gasteiger partial charge in [0.1, 0.15) is 8.67 Å². The number of thiophene rings is 2. The molecule has 0 aliphatic rings. The Morgan fingerprint density at radius 1 is 0.731 bits per heavy atom. The zero-order chi connectivity index (χ0) is 18.8. The molecule has 0 saturated carbocycles. The smallest absolute Gasteiger partial charge is 0.258 e. The third kappa shape index (κ3) is 4.52. The molecule has 2 aromatic heterocycles. The lowest BCUT2D eigenvalue weighted by Crippen LogP contribution is -2.13. The van der Waals surface area contributed by atoms with Crippen LogP contribution in [0.3, 0.4) is 0 Å². The maximum absolute atomic E-state index is 12.3. The van der Waals surface area contributed by atoms with E-state index in [4.69, 9.17) is 46.4 Å². The summed E-state index contributed by atoms with van der Waals surface area (Å²) in [5.41, 5.74) is 1.55. The van der Waals surface area contributed by atoms with Crippen LogP contribution in [-0.4, -0.2) is 11.8 Å². The van der Waals surface area contributed by atoms with Crippen molar-refractivity contribution >= 4 is 92.3 Å². The zero-order valence-corrected chi connectivity index (χ0v) is 17.3. The molecule has 3 rings (SSSR count). The van der Waals surface area contributed by atoms with Crippen molar-refractivity contribution in [3.05, 3.63) is 64.9 Å². The van der Waals surface area contributed by atoms with Crippen LogP contribution in [0.15, 0.2) is 36.4 Å². The predicted octanol–water partition coefficient (Wildman–Crippen LogP) is 6.93. The van der Waals surface area contributed by atoms with Gasteiger partial charge in [0, 0.05) is 11.4 Å². The Morgan fingerprint density at radius 2 is 1.15 bits per heavy atom. The van der Waals surface area contributed by atoms with E-state index in [1.54, 1.807) is 24.3 Å².